The minimum atomic E-state index is -1.50. The van der Waals surface area contributed by atoms with Gasteiger partial charge in [0.25, 0.3) is 0 Å². The van der Waals surface area contributed by atoms with Crippen molar-refractivity contribution in [1.29, 1.82) is 0 Å². The third-order valence-electron chi connectivity index (χ3n) is 11.4. The van der Waals surface area contributed by atoms with Gasteiger partial charge in [-0.05, 0) is 67.2 Å². The summed E-state index contributed by atoms with van der Waals surface area (Å²) in [6, 6.07) is 29.0. The van der Waals surface area contributed by atoms with Crippen molar-refractivity contribution in [3.63, 3.8) is 0 Å². The maximum atomic E-state index is 15.2. The zero-order valence-corrected chi connectivity index (χ0v) is 28.3. The molecule has 4 aliphatic rings. The first kappa shape index (κ1) is 33.1. The number of anilines is 1. The second-order valence-electron chi connectivity index (χ2n) is 13.8. The quantitative estimate of drug-likeness (QED) is 0.165. The van der Waals surface area contributed by atoms with Crippen LogP contribution in [0, 0.1) is 23.7 Å². The minimum absolute atomic E-state index is 0.0617. The molecular weight excluding hydrogens is 658 g/mol. The smallest absolute Gasteiger partial charge is 0.335 e. The Morgan fingerprint density at radius 1 is 0.865 bits per heavy atom. The highest BCUT2D eigenvalue weighted by Gasteiger charge is 2.66. The van der Waals surface area contributed by atoms with E-state index < -0.39 is 52.8 Å². The molecule has 4 aromatic rings. The van der Waals surface area contributed by atoms with E-state index in [0.717, 1.165) is 4.90 Å². The van der Waals surface area contributed by atoms with Crippen LogP contribution in [-0.4, -0.2) is 46.2 Å². The van der Waals surface area contributed by atoms with Gasteiger partial charge in [-0.1, -0.05) is 90.5 Å². The van der Waals surface area contributed by atoms with Gasteiger partial charge in [0, 0.05) is 23.0 Å². The van der Waals surface area contributed by atoms with Crippen molar-refractivity contribution in [2.45, 2.75) is 31.1 Å². The van der Waals surface area contributed by atoms with E-state index in [4.69, 9.17) is 4.74 Å². The first-order valence-electron chi connectivity index (χ1n) is 17.5. The van der Waals surface area contributed by atoms with Gasteiger partial charge in [-0.25, -0.2) is 4.79 Å². The number of nitrogens with zero attached hydrogens (tertiary/aromatic N) is 1. The van der Waals surface area contributed by atoms with E-state index in [1.165, 1.54) is 30.3 Å². The monoisotopic (exact) mass is 693 g/mol. The highest BCUT2D eigenvalue weighted by atomic mass is 16.5. The van der Waals surface area contributed by atoms with Crippen molar-refractivity contribution in [3.8, 4) is 11.5 Å². The third kappa shape index (κ3) is 4.79. The van der Waals surface area contributed by atoms with Gasteiger partial charge in [-0.2, -0.15) is 0 Å². The van der Waals surface area contributed by atoms with Gasteiger partial charge in [0.05, 0.1) is 35.1 Å². The lowest BCUT2D eigenvalue weighted by Gasteiger charge is -2.55. The number of aromatic hydroxyl groups is 1. The molecule has 4 aromatic carbocycles. The number of imide groups is 1. The van der Waals surface area contributed by atoms with Crippen molar-refractivity contribution in [1.82, 2.24) is 0 Å². The van der Waals surface area contributed by atoms with Crippen LogP contribution in [0.3, 0.4) is 0 Å². The van der Waals surface area contributed by atoms with Crippen molar-refractivity contribution in [3.05, 3.63) is 143 Å². The Labute approximate surface area is 299 Å². The SMILES string of the molecule is CCOc1cccc([C@H]2C3=CC[C@@H]4C(=O)N(c5cccc(C(=O)O)c5)C(=O)[C@@H]4[C@@H]3C[C@H]3C(=O)C(c4ccccc4)=CC(=O)[C@@]23c2ccccc2)c1O. The minimum Gasteiger partial charge on any atom is -0.504 e. The fourth-order valence-corrected chi connectivity index (χ4v) is 9.30. The molecule has 1 aliphatic heterocycles. The molecule has 2 N–H and O–H groups in total. The van der Waals surface area contributed by atoms with Crippen molar-refractivity contribution >= 4 is 40.6 Å². The lowest BCUT2D eigenvalue weighted by molar-refractivity contribution is -0.135. The number of carboxylic acids is 1. The summed E-state index contributed by atoms with van der Waals surface area (Å²) in [7, 11) is 0. The molecule has 9 nitrogen and oxygen atoms in total. The molecule has 52 heavy (non-hydrogen) atoms. The first-order chi connectivity index (χ1) is 25.2. The Bertz CT molecular complexity index is 2220. The lowest BCUT2D eigenvalue weighted by atomic mass is 9.44. The molecule has 260 valence electrons. The Hall–Kier alpha value is -6.09. The normalized spacial score (nSPS) is 26.6. The van der Waals surface area contributed by atoms with Crippen LogP contribution in [-0.2, 0) is 24.6 Å². The van der Waals surface area contributed by atoms with Crippen LogP contribution in [0.1, 0.15) is 52.7 Å². The number of para-hydroxylation sites is 1. The number of benzene rings is 4. The number of phenolic OH excluding ortho intramolecular Hbond substituents is 1. The van der Waals surface area contributed by atoms with Crippen LogP contribution in [0.2, 0.25) is 0 Å². The molecule has 0 aromatic heterocycles. The van der Waals surface area contributed by atoms with Crippen LogP contribution in [0.4, 0.5) is 5.69 Å². The number of Topliss-reactive ketones (excluding diaryl/α,β-unsaturated/α-hetero) is 1. The number of carbonyl (C=O) groups excluding carboxylic acids is 4. The Morgan fingerprint density at radius 3 is 2.29 bits per heavy atom. The molecule has 9 heteroatoms. The molecule has 3 aliphatic carbocycles. The summed E-state index contributed by atoms with van der Waals surface area (Å²) < 4.78 is 5.81. The van der Waals surface area contributed by atoms with Crippen molar-refractivity contribution in [2.75, 3.05) is 11.5 Å². The second kappa shape index (κ2) is 12.6. The Kier molecular flexibility index (Phi) is 8.01. The topological polar surface area (TPSA) is 138 Å². The number of hydrogen-bond acceptors (Lipinski definition) is 7. The molecule has 6 atom stereocenters. The lowest BCUT2D eigenvalue weighted by Crippen LogP contribution is -2.58. The number of carboxylic acid groups (broad SMARTS) is 1. The van der Waals surface area contributed by atoms with E-state index in [0.29, 0.717) is 22.3 Å². The van der Waals surface area contributed by atoms with E-state index in [9.17, 15) is 24.6 Å². The van der Waals surface area contributed by atoms with Crippen LogP contribution < -0.4 is 9.64 Å². The molecule has 0 unspecified atom stereocenters. The number of rotatable bonds is 7. The Balaban J connectivity index is 1.36. The third-order valence-corrected chi connectivity index (χ3v) is 11.4. The standard InChI is InChI=1S/C43H35NO8/c1-2-52-34-18-10-17-30(39(34)47)37-28-19-20-29-36(41(49)44(40(29)48)27-16-9-13-25(21-27)42(50)51)32(28)22-33-38(46)31(24-11-5-3-6-12-24)23-35(45)43(33,37)26-14-7-4-8-15-26/h3-19,21,23,29,32-33,36-37,47H,2,20,22H2,1H3,(H,50,51)/t29-,32+,33-,36-,37+,43-/m0/s1. The van der Waals surface area contributed by atoms with Gasteiger partial charge in [-0.3, -0.25) is 24.1 Å². The number of ether oxygens (including phenoxy) is 1. The fraction of sp³-hybridized carbons (Fsp3) is 0.233. The zero-order valence-electron chi connectivity index (χ0n) is 28.3. The van der Waals surface area contributed by atoms with Crippen LogP contribution >= 0.6 is 0 Å². The van der Waals surface area contributed by atoms with Gasteiger partial charge in [0.15, 0.2) is 23.1 Å². The average Bonchev–Trinajstić information content (AvgIpc) is 3.42. The predicted octanol–water partition coefficient (Wildman–Crippen LogP) is 6.52. The maximum absolute atomic E-state index is 15.2. The predicted molar refractivity (Wildman–Crippen MR) is 192 cm³/mol. The van der Waals surface area contributed by atoms with Gasteiger partial charge < -0.3 is 14.9 Å². The molecule has 2 fully saturated rings. The number of aromatic carboxylic acids is 1. The first-order valence-corrected chi connectivity index (χ1v) is 17.5. The van der Waals surface area contributed by atoms with Crippen LogP contribution in [0.15, 0.2) is 121 Å². The highest BCUT2D eigenvalue weighted by molar-refractivity contribution is 6.32. The number of ketones is 2. The molecule has 8 rings (SSSR count). The van der Waals surface area contributed by atoms with E-state index in [1.54, 1.807) is 49.4 Å². The average molecular weight is 694 g/mol. The molecular formula is C43H35NO8. The fourth-order valence-electron chi connectivity index (χ4n) is 9.30. The largest absolute Gasteiger partial charge is 0.504 e. The molecule has 0 radical (unpaired) electrons. The number of amides is 2. The summed E-state index contributed by atoms with van der Waals surface area (Å²) in [5.74, 6) is -6.79. The zero-order chi connectivity index (χ0) is 36.3. The van der Waals surface area contributed by atoms with Crippen molar-refractivity contribution < 1.29 is 38.9 Å². The number of fused-ring (bicyclic) bond motifs is 4. The summed E-state index contributed by atoms with van der Waals surface area (Å²) in [6.07, 6.45) is 3.63. The highest BCUT2D eigenvalue weighted by Crippen LogP contribution is 2.65. The second-order valence-corrected chi connectivity index (χ2v) is 13.8. The molecule has 0 bridgehead atoms. The molecule has 1 saturated carbocycles. The van der Waals surface area contributed by atoms with E-state index in [2.05, 4.69) is 0 Å². The summed E-state index contributed by atoms with van der Waals surface area (Å²) in [6.45, 7) is 2.08. The molecule has 2 amide bonds. The maximum Gasteiger partial charge on any atom is 0.335 e. The van der Waals surface area contributed by atoms with Gasteiger partial charge in [0.1, 0.15) is 0 Å². The van der Waals surface area contributed by atoms with Gasteiger partial charge >= 0.3 is 5.97 Å². The molecule has 0 spiro atoms. The van der Waals surface area contributed by atoms with E-state index in [-0.39, 0.29) is 59.3 Å². The number of phenols is 1. The van der Waals surface area contributed by atoms with Gasteiger partial charge in [-0.15, -0.1) is 0 Å². The van der Waals surface area contributed by atoms with Gasteiger partial charge in [0.2, 0.25) is 11.8 Å². The van der Waals surface area contributed by atoms with Crippen LogP contribution in [0.5, 0.6) is 11.5 Å². The number of allylic oxidation sites excluding steroid dienone is 4. The van der Waals surface area contributed by atoms with Crippen molar-refractivity contribution in [2.24, 2.45) is 23.7 Å². The summed E-state index contributed by atoms with van der Waals surface area (Å²) in [4.78, 5) is 71.8. The Morgan fingerprint density at radius 2 is 1.58 bits per heavy atom. The molecule has 1 saturated heterocycles. The summed E-state index contributed by atoms with van der Waals surface area (Å²) in [5, 5.41) is 21.5. The van der Waals surface area contributed by atoms with Crippen LogP contribution in [0.25, 0.3) is 5.57 Å². The van der Waals surface area contributed by atoms with E-state index in [1.807, 2.05) is 42.5 Å². The summed E-state index contributed by atoms with van der Waals surface area (Å²) in [5.41, 5.74) is 1.16. The number of carbonyl (C=O) groups is 5. The molecule has 1 heterocycles. The number of hydrogen-bond donors (Lipinski definition) is 2. The van der Waals surface area contributed by atoms with E-state index >= 15 is 9.59 Å². The summed E-state index contributed by atoms with van der Waals surface area (Å²) >= 11 is 0.